The minimum Gasteiger partial charge on any atom is -0.458 e. The highest BCUT2D eigenvalue weighted by Gasteiger charge is 2.17. The zero-order valence-electron chi connectivity index (χ0n) is 10.3. The monoisotopic (exact) mass is 248 g/mol. The number of hydrogen-bond acceptors (Lipinski definition) is 4. The fraction of sp³-hybridized carbons (Fsp3) is 0.286. The number of rotatable bonds is 6. The fourth-order valence-corrected chi connectivity index (χ4v) is 1.32. The van der Waals surface area contributed by atoms with Crippen LogP contribution in [0.4, 0.5) is 0 Å². The van der Waals surface area contributed by atoms with Crippen LogP contribution in [0.1, 0.15) is 25.0 Å². The largest absolute Gasteiger partial charge is 0.458 e. The molecule has 0 aliphatic carbocycles. The van der Waals surface area contributed by atoms with Crippen LogP contribution < -0.4 is 0 Å². The van der Waals surface area contributed by atoms with Crippen LogP contribution in [0, 0.1) is 0 Å². The van der Waals surface area contributed by atoms with Gasteiger partial charge in [0.2, 0.25) is 0 Å². The van der Waals surface area contributed by atoms with E-state index in [0.29, 0.717) is 0 Å². The van der Waals surface area contributed by atoms with E-state index in [1.807, 2.05) is 30.3 Å². The van der Waals surface area contributed by atoms with E-state index in [4.69, 9.17) is 9.47 Å². The molecule has 0 saturated heterocycles. The molecule has 0 radical (unpaired) electrons. The second kappa shape index (κ2) is 7.27. The van der Waals surface area contributed by atoms with Gasteiger partial charge in [-0.05, 0) is 5.56 Å². The Labute approximate surface area is 106 Å². The van der Waals surface area contributed by atoms with Gasteiger partial charge in [-0.2, -0.15) is 0 Å². The molecule has 1 atom stereocenters. The number of esters is 2. The van der Waals surface area contributed by atoms with Crippen LogP contribution in [-0.2, 0) is 19.1 Å². The summed E-state index contributed by atoms with van der Waals surface area (Å²) < 4.78 is 10.1. The molecule has 0 heterocycles. The van der Waals surface area contributed by atoms with Crippen LogP contribution in [0.15, 0.2) is 43.0 Å². The van der Waals surface area contributed by atoms with Crippen LogP contribution >= 0.6 is 0 Å². The lowest BCUT2D eigenvalue weighted by Crippen LogP contribution is -2.17. The molecule has 0 aliphatic heterocycles. The maximum Gasteiger partial charge on any atom is 0.330 e. The van der Waals surface area contributed by atoms with Gasteiger partial charge < -0.3 is 9.47 Å². The molecule has 0 spiro atoms. The molecule has 0 fully saturated rings. The molecule has 0 saturated carbocycles. The van der Waals surface area contributed by atoms with Crippen molar-refractivity contribution in [2.45, 2.75) is 19.4 Å². The second-order valence-corrected chi connectivity index (χ2v) is 3.58. The van der Waals surface area contributed by atoms with Crippen LogP contribution in [0.3, 0.4) is 0 Å². The maximum atomic E-state index is 11.3. The zero-order valence-corrected chi connectivity index (χ0v) is 10.3. The Balaban J connectivity index is 2.72. The van der Waals surface area contributed by atoms with Crippen molar-refractivity contribution in [3.05, 3.63) is 48.6 Å². The average molecular weight is 248 g/mol. The highest BCUT2D eigenvalue weighted by Crippen LogP contribution is 2.18. The number of carbonyl (C=O) groups excluding carboxylic acids is 2. The molecule has 0 aromatic heterocycles. The Morgan fingerprint density at radius 3 is 2.56 bits per heavy atom. The van der Waals surface area contributed by atoms with E-state index in [2.05, 4.69) is 6.58 Å². The summed E-state index contributed by atoms with van der Waals surface area (Å²) in [5.74, 6) is -0.873. The van der Waals surface area contributed by atoms with E-state index in [1.54, 1.807) is 6.92 Å². The molecule has 0 N–H and O–H groups in total. The molecule has 0 amide bonds. The third-order valence-corrected chi connectivity index (χ3v) is 2.28. The topological polar surface area (TPSA) is 52.6 Å². The summed E-state index contributed by atoms with van der Waals surface area (Å²) in [7, 11) is 0. The van der Waals surface area contributed by atoms with E-state index in [9.17, 15) is 9.59 Å². The van der Waals surface area contributed by atoms with E-state index in [-0.39, 0.29) is 19.0 Å². The Hall–Kier alpha value is -2.10. The SMILES string of the molecule is C=CC(=O)OCC(OC(=O)CC)c1ccccc1. The van der Waals surface area contributed by atoms with Crippen molar-refractivity contribution < 1.29 is 19.1 Å². The van der Waals surface area contributed by atoms with Crippen LogP contribution in [0.5, 0.6) is 0 Å². The Morgan fingerprint density at radius 2 is 2.00 bits per heavy atom. The van der Waals surface area contributed by atoms with Crippen molar-refractivity contribution in [1.29, 1.82) is 0 Å². The summed E-state index contributed by atoms with van der Waals surface area (Å²) in [6.07, 6.45) is 0.769. The Kier molecular flexibility index (Phi) is 5.64. The van der Waals surface area contributed by atoms with E-state index >= 15 is 0 Å². The van der Waals surface area contributed by atoms with Crippen molar-refractivity contribution in [3.8, 4) is 0 Å². The summed E-state index contributed by atoms with van der Waals surface area (Å²) in [4.78, 5) is 22.3. The summed E-state index contributed by atoms with van der Waals surface area (Å²) in [5.41, 5.74) is 0.788. The van der Waals surface area contributed by atoms with Gasteiger partial charge in [-0.15, -0.1) is 0 Å². The standard InChI is InChI=1S/C14H16O4/c1-3-13(15)17-10-12(18-14(16)4-2)11-8-6-5-7-9-11/h3,5-9,12H,1,4,10H2,2H3. The smallest absolute Gasteiger partial charge is 0.330 e. The highest BCUT2D eigenvalue weighted by molar-refractivity contribution is 5.81. The van der Waals surface area contributed by atoms with Crippen molar-refractivity contribution in [2.75, 3.05) is 6.61 Å². The third kappa shape index (κ3) is 4.41. The summed E-state index contributed by atoms with van der Waals surface area (Å²) >= 11 is 0. The molecule has 18 heavy (non-hydrogen) atoms. The Morgan fingerprint density at radius 1 is 1.33 bits per heavy atom. The maximum absolute atomic E-state index is 11.3. The molecule has 4 heteroatoms. The van der Waals surface area contributed by atoms with Gasteiger partial charge in [-0.3, -0.25) is 4.79 Å². The summed E-state index contributed by atoms with van der Waals surface area (Å²) in [6, 6.07) is 9.15. The van der Waals surface area contributed by atoms with Gasteiger partial charge >= 0.3 is 11.9 Å². The van der Waals surface area contributed by atoms with Gasteiger partial charge in [0.15, 0.2) is 6.10 Å². The lowest BCUT2D eigenvalue weighted by atomic mass is 10.1. The number of benzene rings is 1. The average Bonchev–Trinajstić information content (AvgIpc) is 2.43. The number of ether oxygens (including phenoxy) is 2. The van der Waals surface area contributed by atoms with Gasteiger partial charge in [0, 0.05) is 12.5 Å². The molecule has 96 valence electrons. The summed E-state index contributed by atoms with van der Waals surface area (Å²) in [5, 5.41) is 0. The van der Waals surface area contributed by atoms with E-state index in [1.165, 1.54) is 0 Å². The molecular formula is C14H16O4. The predicted octanol–water partition coefficient (Wildman–Crippen LogP) is 2.41. The van der Waals surface area contributed by atoms with Crippen molar-refractivity contribution in [1.82, 2.24) is 0 Å². The second-order valence-electron chi connectivity index (χ2n) is 3.58. The first-order valence-corrected chi connectivity index (χ1v) is 5.71. The normalized spacial score (nSPS) is 11.4. The van der Waals surface area contributed by atoms with Crippen molar-refractivity contribution >= 4 is 11.9 Å². The molecule has 1 rings (SSSR count). The van der Waals surface area contributed by atoms with Crippen LogP contribution in [0.25, 0.3) is 0 Å². The number of carbonyl (C=O) groups is 2. The van der Waals surface area contributed by atoms with Gasteiger partial charge in [-0.25, -0.2) is 4.79 Å². The van der Waals surface area contributed by atoms with Crippen molar-refractivity contribution in [2.24, 2.45) is 0 Å². The third-order valence-electron chi connectivity index (χ3n) is 2.28. The molecule has 0 bridgehead atoms. The molecule has 4 nitrogen and oxygen atoms in total. The predicted molar refractivity (Wildman–Crippen MR) is 66.7 cm³/mol. The van der Waals surface area contributed by atoms with Crippen LogP contribution in [-0.4, -0.2) is 18.5 Å². The number of hydrogen-bond donors (Lipinski definition) is 0. The van der Waals surface area contributed by atoms with E-state index < -0.39 is 12.1 Å². The quantitative estimate of drug-likeness (QED) is 0.573. The highest BCUT2D eigenvalue weighted by atomic mass is 16.6. The lowest BCUT2D eigenvalue weighted by molar-refractivity contribution is -0.157. The zero-order chi connectivity index (χ0) is 13.4. The van der Waals surface area contributed by atoms with Crippen molar-refractivity contribution in [3.63, 3.8) is 0 Å². The first kappa shape index (κ1) is 14.0. The molecule has 1 unspecified atom stereocenters. The molecule has 1 aromatic carbocycles. The summed E-state index contributed by atoms with van der Waals surface area (Å²) in [6.45, 7) is 5.00. The first-order valence-electron chi connectivity index (χ1n) is 5.71. The fourth-order valence-electron chi connectivity index (χ4n) is 1.32. The molecular weight excluding hydrogens is 232 g/mol. The van der Waals surface area contributed by atoms with Gasteiger partial charge in [0.05, 0.1) is 0 Å². The minimum atomic E-state index is -0.581. The minimum absolute atomic E-state index is 0.0133. The van der Waals surface area contributed by atoms with Gasteiger partial charge in [0.25, 0.3) is 0 Å². The van der Waals surface area contributed by atoms with Gasteiger partial charge in [0.1, 0.15) is 6.61 Å². The Bertz CT molecular complexity index is 411. The van der Waals surface area contributed by atoms with Gasteiger partial charge in [-0.1, -0.05) is 43.8 Å². The first-order chi connectivity index (χ1) is 8.67. The molecule has 0 aliphatic rings. The molecule has 1 aromatic rings. The van der Waals surface area contributed by atoms with Crippen LogP contribution in [0.2, 0.25) is 0 Å². The lowest BCUT2D eigenvalue weighted by Gasteiger charge is -2.17. The van der Waals surface area contributed by atoms with E-state index in [0.717, 1.165) is 11.6 Å².